The SMILES string of the molecule is CSC1CSCSC1. The van der Waals surface area contributed by atoms with Crippen LogP contribution >= 0.6 is 35.3 Å². The van der Waals surface area contributed by atoms with Crippen LogP contribution in [0.25, 0.3) is 0 Å². The molecule has 48 valence electrons. The fourth-order valence-corrected chi connectivity index (χ4v) is 4.42. The van der Waals surface area contributed by atoms with Crippen LogP contribution in [0.5, 0.6) is 0 Å². The molecular formula is C5H10S3. The summed E-state index contributed by atoms with van der Waals surface area (Å²) < 4.78 is 0. The van der Waals surface area contributed by atoms with Gasteiger partial charge in [-0.2, -0.15) is 11.8 Å². The summed E-state index contributed by atoms with van der Waals surface area (Å²) in [6.07, 6.45) is 2.21. The van der Waals surface area contributed by atoms with Crippen LogP contribution in [0.15, 0.2) is 0 Å². The molecule has 1 aliphatic rings. The quantitative estimate of drug-likeness (QED) is 0.586. The summed E-state index contributed by atoms with van der Waals surface area (Å²) in [5.41, 5.74) is 0. The minimum Gasteiger partial charge on any atom is -0.160 e. The number of hydrogen-bond acceptors (Lipinski definition) is 3. The molecule has 1 rings (SSSR count). The summed E-state index contributed by atoms with van der Waals surface area (Å²) >= 11 is 6.14. The Morgan fingerprint density at radius 3 is 2.38 bits per heavy atom. The van der Waals surface area contributed by atoms with Gasteiger partial charge >= 0.3 is 0 Å². The molecule has 0 aromatic rings. The van der Waals surface area contributed by atoms with Gasteiger partial charge in [0.25, 0.3) is 0 Å². The van der Waals surface area contributed by atoms with Crippen molar-refractivity contribution in [2.75, 3.05) is 22.8 Å². The van der Waals surface area contributed by atoms with Gasteiger partial charge in [0.05, 0.1) is 0 Å². The Hall–Kier alpha value is 1.05. The topological polar surface area (TPSA) is 0 Å². The molecule has 1 fully saturated rings. The van der Waals surface area contributed by atoms with E-state index in [1.54, 1.807) is 0 Å². The van der Waals surface area contributed by atoms with Crippen molar-refractivity contribution >= 4 is 35.3 Å². The lowest BCUT2D eigenvalue weighted by molar-refractivity contribution is 1.15. The third-order valence-electron chi connectivity index (χ3n) is 1.11. The van der Waals surface area contributed by atoms with E-state index in [0.717, 1.165) is 5.25 Å². The first-order valence-electron chi connectivity index (χ1n) is 2.62. The third-order valence-corrected chi connectivity index (χ3v) is 5.14. The van der Waals surface area contributed by atoms with Gasteiger partial charge in [0.2, 0.25) is 0 Å². The summed E-state index contributed by atoms with van der Waals surface area (Å²) in [5.74, 6) is 2.74. The molecule has 0 nitrogen and oxygen atoms in total. The smallest absolute Gasteiger partial charge is 0.0392 e. The molecule has 0 unspecified atom stereocenters. The molecule has 1 aliphatic heterocycles. The molecule has 3 heteroatoms. The second-order valence-electron chi connectivity index (χ2n) is 1.72. The van der Waals surface area contributed by atoms with Gasteiger partial charge in [0, 0.05) is 21.8 Å². The van der Waals surface area contributed by atoms with Crippen molar-refractivity contribution < 1.29 is 0 Å². The van der Waals surface area contributed by atoms with Gasteiger partial charge in [0.1, 0.15) is 0 Å². The lowest BCUT2D eigenvalue weighted by atomic mass is 10.5. The zero-order valence-corrected chi connectivity index (χ0v) is 7.37. The Morgan fingerprint density at radius 2 is 2.00 bits per heavy atom. The van der Waals surface area contributed by atoms with Crippen LogP contribution in [0, 0.1) is 0 Å². The number of hydrogen-bond donors (Lipinski definition) is 0. The van der Waals surface area contributed by atoms with Crippen LogP contribution < -0.4 is 0 Å². The van der Waals surface area contributed by atoms with Crippen molar-refractivity contribution in [2.24, 2.45) is 0 Å². The first-order valence-corrected chi connectivity index (χ1v) is 6.21. The van der Waals surface area contributed by atoms with Crippen LogP contribution in [-0.2, 0) is 0 Å². The maximum atomic E-state index is 2.21. The van der Waals surface area contributed by atoms with E-state index >= 15 is 0 Å². The first kappa shape index (κ1) is 7.16. The van der Waals surface area contributed by atoms with Gasteiger partial charge in [0.15, 0.2) is 0 Å². The van der Waals surface area contributed by atoms with E-state index in [9.17, 15) is 0 Å². The molecule has 0 bridgehead atoms. The lowest BCUT2D eigenvalue weighted by Gasteiger charge is -2.17. The average Bonchev–Trinajstić information content (AvgIpc) is 1.90. The van der Waals surface area contributed by atoms with Gasteiger partial charge in [-0.15, -0.1) is 23.5 Å². The summed E-state index contributed by atoms with van der Waals surface area (Å²) in [7, 11) is 0. The summed E-state index contributed by atoms with van der Waals surface area (Å²) in [5, 5.41) is 2.25. The highest BCUT2D eigenvalue weighted by atomic mass is 32.2. The predicted octanol–water partition coefficient (Wildman–Crippen LogP) is 2.16. The lowest BCUT2D eigenvalue weighted by Crippen LogP contribution is -2.13. The Labute approximate surface area is 63.6 Å². The highest BCUT2D eigenvalue weighted by Gasteiger charge is 2.11. The third kappa shape index (κ3) is 2.11. The monoisotopic (exact) mass is 166 g/mol. The fourth-order valence-electron chi connectivity index (χ4n) is 0.602. The average molecular weight is 166 g/mol. The van der Waals surface area contributed by atoms with Crippen molar-refractivity contribution in [3.63, 3.8) is 0 Å². The Bertz CT molecular complexity index is 58.7. The van der Waals surface area contributed by atoms with Crippen molar-refractivity contribution in [1.29, 1.82) is 0 Å². The Kier molecular flexibility index (Phi) is 3.55. The second kappa shape index (κ2) is 3.96. The highest BCUT2D eigenvalue weighted by molar-refractivity contribution is 8.17. The normalized spacial score (nSPS) is 23.6. The molecule has 0 aliphatic carbocycles. The minimum absolute atomic E-state index is 0.929. The van der Waals surface area contributed by atoms with Crippen LogP contribution in [0.2, 0.25) is 0 Å². The van der Waals surface area contributed by atoms with Gasteiger partial charge in [-0.1, -0.05) is 0 Å². The predicted molar refractivity (Wildman–Crippen MR) is 47.1 cm³/mol. The van der Waals surface area contributed by atoms with E-state index in [2.05, 4.69) is 29.8 Å². The molecule has 0 amide bonds. The summed E-state index contributed by atoms with van der Waals surface area (Å²) in [6.45, 7) is 0. The molecule has 0 aromatic carbocycles. The van der Waals surface area contributed by atoms with Crippen molar-refractivity contribution in [3.8, 4) is 0 Å². The van der Waals surface area contributed by atoms with E-state index < -0.39 is 0 Å². The minimum atomic E-state index is 0.929. The maximum absolute atomic E-state index is 2.21. The van der Waals surface area contributed by atoms with Crippen molar-refractivity contribution in [2.45, 2.75) is 5.25 Å². The zero-order valence-electron chi connectivity index (χ0n) is 4.92. The van der Waals surface area contributed by atoms with Crippen LogP contribution in [-0.4, -0.2) is 28.1 Å². The van der Waals surface area contributed by atoms with Gasteiger partial charge in [-0.25, -0.2) is 0 Å². The molecule has 1 heterocycles. The molecule has 0 aromatic heterocycles. The fraction of sp³-hybridized carbons (Fsp3) is 1.00. The first-order chi connectivity index (χ1) is 3.93. The molecule has 1 saturated heterocycles. The highest BCUT2D eigenvalue weighted by Crippen LogP contribution is 2.27. The number of rotatable bonds is 1. The molecule has 0 radical (unpaired) electrons. The second-order valence-corrected chi connectivity index (χ2v) is 5.28. The van der Waals surface area contributed by atoms with E-state index in [1.807, 2.05) is 11.8 Å². The standard InChI is InChI=1S/C5H10S3/c1-6-5-2-7-4-8-3-5/h5H,2-4H2,1H3. The maximum Gasteiger partial charge on any atom is 0.0392 e. The zero-order chi connectivity index (χ0) is 5.82. The molecule has 0 spiro atoms. The summed E-state index contributed by atoms with van der Waals surface area (Å²) in [6, 6.07) is 0. The van der Waals surface area contributed by atoms with Crippen molar-refractivity contribution in [1.82, 2.24) is 0 Å². The van der Waals surface area contributed by atoms with E-state index in [4.69, 9.17) is 0 Å². The van der Waals surface area contributed by atoms with E-state index in [-0.39, 0.29) is 0 Å². The van der Waals surface area contributed by atoms with Crippen LogP contribution in [0.1, 0.15) is 0 Å². The van der Waals surface area contributed by atoms with Crippen LogP contribution in [0.3, 0.4) is 0 Å². The van der Waals surface area contributed by atoms with Gasteiger partial charge in [-0.3, -0.25) is 0 Å². The van der Waals surface area contributed by atoms with E-state index in [1.165, 1.54) is 16.6 Å². The molecule has 0 N–H and O–H groups in total. The van der Waals surface area contributed by atoms with Crippen molar-refractivity contribution in [3.05, 3.63) is 0 Å². The van der Waals surface area contributed by atoms with Gasteiger partial charge in [-0.05, 0) is 6.26 Å². The molecule has 0 atom stereocenters. The van der Waals surface area contributed by atoms with E-state index in [0.29, 0.717) is 0 Å². The van der Waals surface area contributed by atoms with Crippen LogP contribution in [0.4, 0.5) is 0 Å². The molecule has 0 saturated carbocycles. The number of thioether (sulfide) groups is 3. The Balaban J connectivity index is 2.13. The Morgan fingerprint density at radius 1 is 1.38 bits per heavy atom. The summed E-state index contributed by atoms with van der Waals surface area (Å²) in [4.78, 5) is 0. The van der Waals surface area contributed by atoms with Gasteiger partial charge < -0.3 is 0 Å². The molecular weight excluding hydrogens is 156 g/mol. The molecule has 8 heavy (non-hydrogen) atoms. The largest absolute Gasteiger partial charge is 0.160 e.